The number of nitrogens with one attached hydrogen (secondary N) is 1. The molecule has 2 aliphatic rings. The molecule has 0 spiro atoms. The number of carbonyl (C=O) groups is 3. The molecule has 1 N–H and O–H groups in total. The Morgan fingerprint density at radius 1 is 1.07 bits per heavy atom. The first-order chi connectivity index (χ1) is 14.5. The molecule has 0 bridgehead atoms. The van der Waals surface area contributed by atoms with E-state index in [9.17, 15) is 14.4 Å². The van der Waals surface area contributed by atoms with Crippen LogP contribution in [0.1, 0.15) is 30.1 Å². The van der Waals surface area contributed by atoms with Crippen molar-refractivity contribution < 1.29 is 28.6 Å². The Bertz CT molecular complexity index is 972. The van der Waals surface area contributed by atoms with Crippen molar-refractivity contribution in [2.45, 2.75) is 25.9 Å². The van der Waals surface area contributed by atoms with Crippen molar-refractivity contribution >= 4 is 29.2 Å². The average molecular weight is 410 g/mol. The van der Waals surface area contributed by atoms with E-state index in [1.165, 1.54) is 6.92 Å². The first-order valence-electron chi connectivity index (χ1n) is 9.83. The molecular weight excluding hydrogens is 388 g/mol. The van der Waals surface area contributed by atoms with Crippen molar-refractivity contribution in [2.24, 2.45) is 0 Å². The molecule has 8 heteroatoms. The van der Waals surface area contributed by atoms with E-state index in [0.717, 1.165) is 12.1 Å². The number of anilines is 2. The number of ether oxygens (including phenoxy) is 3. The Kier molecular flexibility index (Phi) is 5.56. The molecule has 2 amide bonds. The second kappa shape index (κ2) is 8.44. The number of hydrogen-bond donors (Lipinski definition) is 1. The molecule has 0 aromatic heterocycles. The molecule has 2 aromatic rings. The summed E-state index contributed by atoms with van der Waals surface area (Å²) in [6.45, 7) is 3.12. The minimum atomic E-state index is -0.995. The van der Waals surface area contributed by atoms with E-state index >= 15 is 0 Å². The van der Waals surface area contributed by atoms with Gasteiger partial charge in [-0.25, -0.2) is 4.79 Å². The number of benzene rings is 2. The zero-order valence-electron chi connectivity index (χ0n) is 16.6. The van der Waals surface area contributed by atoms with Crippen molar-refractivity contribution in [3.8, 4) is 11.5 Å². The summed E-state index contributed by atoms with van der Waals surface area (Å²) in [7, 11) is 0. The first kappa shape index (κ1) is 19.8. The largest absolute Gasteiger partial charge is 0.486 e. The number of fused-ring (bicyclic) bond motifs is 1. The summed E-state index contributed by atoms with van der Waals surface area (Å²) < 4.78 is 16.2. The fourth-order valence-electron chi connectivity index (χ4n) is 3.35. The Hall–Kier alpha value is -3.55. The van der Waals surface area contributed by atoms with Gasteiger partial charge in [-0.05, 0) is 49.7 Å². The number of esters is 1. The molecule has 0 unspecified atom stereocenters. The molecular formula is C22H22N2O6. The first-order valence-corrected chi connectivity index (χ1v) is 9.83. The van der Waals surface area contributed by atoms with E-state index in [0.29, 0.717) is 48.9 Å². The monoisotopic (exact) mass is 410 g/mol. The Balaban J connectivity index is 1.34. The minimum Gasteiger partial charge on any atom is -0.486 e. The van der Waals surface area contributed by atoms with Gasteiger partial charge in [-0.1, -0.05) is 0 Å². The Labute approximate surface area is 173 Å². The fraction of sp³-hybridized carbons (Fsp3) is 0.318. The smallest absolute Gasteiger partial charge is 0.338 e. The molecule has 0 aliphatic carbocycles. The Morgan fingerprint density at radius 2 is 1.80 bits per heavy atom. The third-order valence-corrected chi connectivity index (χ3v) is 4.95. The highest BCUT2D eigenvalue weighted by Crippen LogP contribution is 2.32. The second-order valence-electron chi connectivity index (χ2n) is 7.09. The molecule has 2 heterocycles. The van der Waals surface area contributed by atoms with E-state index < -0.39 is 18.0 Å². The van der Waals surface area contributed by atoms with Gasteiger partial charge in [0, 0.05) is 30.4 Å². The van der Waals surface area contributed by atoms with Crippen LogP contribution in [0.25, 0.3) is 0 Å². The highest BCUT2D eigenvalue weighted by atomic mass is 16.6. The van der Waals surface area contributed by atoms with Gasteiger partial charge in [0.2, 0.25) is 5.91 Å². The lowest BCUT2D eigenvalue weighted by molar-refractivity contribution is -0.123. The molecule has 1 atom stereocenters. The third kappa shape index (κ3) is 4.22. The maximum Gasteiger partial charge on any atom is 0.338 e. The van der Waals surface area contributed by atoms with Crippen LogP contribution in [0.2, 0.25) is 0 Å². The molecule has 1 fully saturated rings. The van der Waals surface area contributed by atoms with Crippen LogP contribution in [0.4, 0.5) is 11.4 Å². The number of rotatable bonds is 5. The van der Waals surface area contributed by atoms with Crippen LogP contribution in [0.15, 0.2) is 42.5 Å². The van der Waals surface area contributed by atoms with Gasteiger partial charge in [0.05, 0.1) is 5.56 Å². The maximum absolute atomic E-state index is 12.4. The zero-order valence-corrected chi connectivity index (χ0v) is 16.6. The summed E-state index contributed by atoms with van der Waals surface area (Å²) >= 11 is 0. The van der Waals surface area contributed by atoms with Gasteiger partial charge in [0.1, 0.15) is 13.2 Å². The zero-order chi connectivity index (χ0) is 21.1. The number of nitrogens with zero attached hydrogens (tertiary/aromatic N) is 1. The molecule has 156 valence electrons. The third-order valence-electron chi connectivity index (χ3n) is 4.95. The van der Waals surface area contributed by atoms with Gasteiger partial charge in [-0.2, -0.15) is 0 Å². The summed E-state index contributed by atoms with van der Waals surface area (Å²) in [5.41, 5.74) is 1.58. The van der Waals surface area contributed by atoms with Crippen LogP contribution in [0.3, 0.4) is 0 Å². The normalized spacial score (nSPS) is 16.2. The molecule has 8 nitrogen and oxygen atoms in total. The lowest BCUT2D eigenvalue weighted by atomic mass is 10.2. The summed E-state index contributed by atoms with van der Waals surface area (Å²) in [6.07, 6.45) is 0.379. The topological polar surface area (TPSA) is 94.2 Å². The van der Waals surface area contributed by atoms with E-state index in [2.05, 4.69) is 5.32 Å². The highest BCUT2D eigenvalue weighted by molar-refractivity contribution is 5.98. The van der Waals surface area contributed by atoms with Crippen molar-refractivity contribution in [3.05, 3.63) is 48.0 Å². The van der Waals surface area contributed by atoms with E-state index in [1.54, 1.807) is 47.4 Å². The van der Waals surface area contributed by atoms with Crippen molar-refractivity contribution in [1.29, 1.82) is 0 Å². The van der Waals surface area contributed by atoms with Gasteiger partial charge < -0.3 is 24.4 Å². The molecule has 0 radical (unpaired) electrons. The van der Waals surface area contributed by atoms with Gasteiger partial charge in [0.15, 0.2) is 17.6 Å². The molecule has 1 saturated heterocycles. The predicted molar refractivity (Wildman–Crippen MR) is 109 cm³/mol. The minimum absolute atomic E-state index is 0.0785. The lowest BCUT2D eigenvalue weighted by Crippen LogP contribution is -2.30. The molecule has 2 aromatic carbocycles. The highest BCUT2D eigenvalue weighted by Gasteiger charge is 2.23. The van der Waals surface area contributed by atoms with Crippen molar-refractivity contribution in [3.63, 3.8) is 0 Å². The van der Waals surface area contributed by atoms with Crippen LogP contribution in [0.5, 0.6) is 11.5 Å². The van der Waals surface area contributed by atoms with Crippen LogP contribution < -0.4 is 19.7 Å². The predicted octanol–water partition coefficient (Wildman–Crippen LogP) is 2.77. The summed E-state index contributed by atoms with van der Waals surface area (Å²) in [6, 6.07) is 11.7. The SMILES string of the molecule is C[C@H](OC(=O)c1ccc(N2CCCC2=O)cc1)C(=O)Nc1ccc2c(c1)OCCO2. The van der Waals surface area contributed by atoms with Gasteiger partial charge in [-0.3, -0.25) is 9.59 Å². The molecule has 4 rings (SSSR count). The quantitative estimate of drug-likeness (QED) is 0.762. The molecule has 0 saturated carbocycles. The van der Waals surface area contributed by atoms with Crippen LogP contribution >= 0.6 is 0 Å². The lowest BCUT2D eigenvalue weighted by Gasteiger charge is -2.19. The molecule has 30 heavy (non-hydrogen) atoms. The summed E-state index contributed by atoms with van der Waals surface area (Å²) in [4.78, 5) is 38.3. The molecule has 2 aliphatic heterocycles. The van der Waals surface area contributed by atoms with E-state index in [1.807, 2.05) is 0 Å². The van der Waals surface area contributed by atoms with Crippen molar-refractivity contribution in [1.82, 2.24) is 0 Å². The van der Waals surface area contributed by atoms with Crippen LogP contribution in [-0.4, -0.2) is 43.6 Å². The van der Waals surface area contributed by atoms with Crippen molar-refractivity contribution in [2.75, 3.05) is 30.0 Å². The number of amides is 2. The Morgan fingerprint density at radius 3 is 2.50 bits per heavy atom. The maximum atomic E-state index is 12.4. The average Bonchev–Trinajstić information content (AvgIpc) is 3.19. The number of hydrogen-bond acceptors (Lipinski definition) is 6. The van der Waals surface area contributed by atoms with Crippen LogP contribution in [-0.2, 0) is 14.3 Å². The standard InChI is InChI=1S/C22H22N2O6/c1-14(21(26)23-16-6-9-18-19(13-16)29-12-11-28-18)30-22(27)15-4-7-17(8-5-15)24-10-2-3-20(24)25/h4-9,13-14H,2-3,10-12H2,1H3,(H,23,26)/t14-/m0/s1. The van der Waals surface area contributed by atoms with E-state index in [-0.39, 0.29) is 5.91 Å². The second-order valence-corrected chi connectivity index (χ2v) is 7.09. The van der Waals surface area contributed by atoms with Gasteiger partial charge in [-0.15, -0.1) is 0 Å². The fourth-order valence-corrected chi connectivity index (χ4v) is 3.35. The van der Waals surface area contributed by atoms with Gasteiger partial charge >= 0.3 is 5.97 Å². The van der Waals surface area contributed by atoms with E-state index in [4.69, 9.17) is 14.2 Å². The summed E-state index contributed by atoms with van der Waals surface area (Å²) in [5, 5.41) is 2.70. The number of carbonyl (C=O) groups excluding carboxylic acids is 3. The van der Waals surface area contributed by atoms with Crippen LogP contribution in [0, 0.1) is 0 Å². The summed E-state index contributed by atoms with van der Waals surface area (Å²) in [5.74, 6) is 0.186. The van der Waals surface area contributed by atoms with Gasteiger partial charge in [0.25, 0.3) is 5.91 Å².